The first-order valence-electron chi connectivity index (χ1n) is 7.60. The predicted molar refractivity (Wildman–Crippen MR) is 94.1 cm³/mol. The average Bonchev–Trinajstić information content (AvgIpc) is 2.62. The molecular weight excluding hydrogens is 342 g/mol. The normalized spacial score (nSPS) is 11.0. The van der Waals surface area contributed by atoms with Crippen LogP contribution < -0.4 is 5.32 Å². The second kappa shape index (κ2) is 9.53. The van der Waals surface area contributed by atoms with Gasteiger partial charge in [0.1, 0.15) is 5.69 Å². The average molecular weight is 359 g/mol. The van der Waals surface area contributed by atoms with Crippen molar-refractivity contribution in [3.05, 3.63) is 62.4 Å². The molecule has 0 bridgehead atoms. The van der Waals surface area contributed by atoms with E-state index in [9.17, 15) is 25.0 Å². The fourth-order valence-electron chi connectivity index (χ4n) is 2.06. The molecular formula is C16H17N5O5. The van der Waals surface area contributed by atoms with Gasteiger partial charge in [-0.15, -0.1) is 0 Å². The lowest BCUT2D eigenvalue weighted by Crippen LogP contribution is -2.31. The van der Waals surface area contributed by atoms with Crippen LogP contribution in [0.1, 0.15) is 13.8 Å². The molecule has 0 radical (unpaired) electrons. The number of benzene rings is 1. The summed E-state index contributed by atoms with van der Waals surface area (Å²) in [6.07, 6.45) is 3.62. The second-order valence-corrected chi connectivity index (χ2v) is 4.90. The molecule has 0 saturated carbocycles. The number of nitriles is 1. The van der Waals surface area contributed by atoms with E-state index >= 15 is 0 Å². The molecule has 0 aliphatic heterocycles. The molecule has 0 aliphatic rings. The summed E-state index contributed by atoms with van der Waals surface area (Å²) in [7, 11) is 0. The second-order valence-electron chi connectivity index (χ2n) is 4.90. The number of likely N-dealkylation sites (N-methyl/N-ethyl adjacent to an activating group) is 1. The number of anilines is 1. The first-order chi connectivity index (χ1) is 12.3. The Morgan fingerprint density at radius 2 is 1.92 bits per heavy atom. The van der Waals surface area contributed by atoms with E-state index in [1.54, 1.807) is 19.9 Å². The molecule has 1 aromatic carbocycles. The van der Waals surface area contributed by atoms with Crippen molar-refractivity contribution in [2.45, 2.75) is 13.8 Å². The standard InChI is InChI=1S/C16H17N5O5/c1-3-19(4-2)16(22)12(6-5-9-17)11-18-14-8-7-13(20(23)24)10-15(14)21(25)26/h5-8,10-11,18H,3-4H2,1-2H3/b6-5+,12-11-. The summed E-state index contributed by atoms with van der Waals surface area (Å²) in [5.74, 6) is -0.362. The third-order valence-electron chi connectivity index (χ3n) is 3.41. The van der Waals surface area contributed by atoms with Gasteiger partial charge in [-0.25, -0.2) is 0 Å². The van der Waals surface area contributed by atoms with Gasteiger partial charge in [0.05, 0.1) is 27.6 Å². The molecule has 0 saturated heterocycles. The number of non-ortho nitro benzene ring substituents is 1. The summed E-state index contributed by atoms with van der Waals surface area (Å²) in [6.45, 7) is 4.48. The summed E-state index contributed by atoms with van der Waals surface area (Å²) >= 11 is 0. The maximum atomic E-state index is 12.4. The third-order valence-corrected chi connectivity index (χ3v) is 3.41. The van der Waals surface area contributed by atoms with E-state index in [0.717, 1.165) is 18.2 Å². The first-order valence-corrected chi connectivity index (χ1v) is 7.60. The van der Waals surface area contributed by atoms with E-state index in [-0.39, 0.29) is 17.2 Å². The maximum Gasteiger partial charge on any atom is 0.299 e. The zero-order valence-corrected chi connectivity index (χ0v) is 14.2. The number of nitro benzene ring substituents is 2. The molecule has 1 aromatic rings. The van der Waals surface area contributed by atoms with Gasteiger partial charge in [0.2, 0.25) is 0 Å². The number of hydrogen-bond acceptors (Lipinski definition) is 7. The van der Waals surface area contributed by atoms with E-state index < -0.39 is 21.2 Å². The van der Waals surface area contributed by atoms with E-state index in [2.05, 4.69) is 5.32 Å². The smallest absolute Gasteiger partial charge is 0.299 e. The highest BCUT2D eigenvalue weighted by molar-refractivity contribution is 5.96. The fourth-order valence-corrected chi connectivity index (χ4v) is 2.06. The summed E-state index contributed by atoms with van der Waals surface area (Å²) < 4.78 is 0. The highest BCUT2D eigenvalue weighted by Gasteiger charge is 2.19. The Morgan fingerprint density at radius 1 is 1.27 bits per heavy atom. The Morgan fingerprint density at radius 3 is 2.42 bits per heavy atom. The Kier molecular flexibility index (Phi) is 7.44. The van der Waals surface area contributed by atoms with Crippen LogP contribution in [0.15, 0.2) is 42.1 Å². The van der Waals surface area contributed by atoms with Gasteiger partial charge in [0.25, 0.3) is 17.3 Å². The van der Waals surface area contributed by atoms with Crippen molar-refractivity contribution in [1.29, 1.82) is 5.26 Å². The number of nitro groups is 2. The molecule has 10 heteroatoms. The van der Waals surface area contributed by atoms with Crippen LogP contribution in [-0.4, -0.2) is 33.7 Å². The van der Waals surface area contributed by atoms with Crippen LogP contribution in [0, 0.1) is 31.6 Å². The summed E-state index contributed by atoms with van der Waals surface area (Å²) in [6, 6.07) is 4.89. The fraction of sp³-hybridized carbons (Fsp3) is 0.250. The van der Waals surface area contributed by atoms with Crippen LogP contribution in [0.2, 0.25) is 0 Å². The molecule has 1 amide bonds. The number of allylic oxidation sites excluding steroid dienone is 1. The molecule has 0 aliphatic carbocycles. The van der Waals surface area contributed by atoms with Gasteiger partial charge in [0, 0.05) is 31.4 Å². The molecule has 0 unspecified atom stereocenters. The minimum atomic E-state index is -0.764. The topological polar surface area (TPSA) is 142 Å². The molecule has 0 spiro atoms. The van der Waals surface area contributed by atoms with Gasteiger partial charge >= 0.3 is 0 Å². The van der Waals surface area contributed by atoms with Gasteiger partial charge in [-0.1, -0.05) is 0 Å². The summed E-state index contributed by atoms with van der Waals surface area (Å²) in [4.78, 5) is 34.3. The van der Waals surface area contributed by atoms with Crippen LogP contribution in [0.25, 0.3) is 0 Å². The molecule has 0 fully saturated rings. The summed E-state index contributed by atoms with van der Waals surface area (Å²) in [5.41, 5.74) is -0.830. The molecule has 136 valence electrons. The van der Waals surface area contributed by atoms with Crippen molar-refractivity contribution in [3.63, 3.8) is 0 Å². The van der Waals surface area contributed by atoms with E-state index in [4.69, 9.17) is 5.26 Å². The predicted octanol–water partition coefficient (Wildman–Crippen LogP) is 2.75. The lowest BCUT2D eigenvalue weighted by molar-refractivity contribution is -0.393. The maximum absolute atomic E-state index is 12.4. The van der Waals surface area contributed by atoms with Crippen molar-refractivity contribution < 1.29 is 14.6 Å². The highest BCUT2D eigenvalue weighted by Crippen LogP contribution is 2.29. The lowest BCUT2D eigenvalue weighted by atomic mass is 10.2. The molecule has 0 atom stereocenters. The molecule has 26 heavy (non-hydrogen) atoms. The largest absolute Gasteiger partial charge is 0.355 e. The quantitative estimate of drug-likeness (QED) is 0.247. The molecule has 10 nitrogen and oxygen atoms in total. The first kappa shape index (κ1) is 20.3. The number of nitrogens with zero attached hydrogens (tertiary/aromatic N) is 4. The summed E-state index contributed by atoms with van der Waals surface area (Å²) in [5, 5.41) is 33.2. The number of rotatable bonds is 8. The lowest BCUT2D eigenvalue weighted by Gasteiger charge is -2.19. The minimum absolute atomic E-state index is 0.0178. The van der Waals surface area contributed by atoms with Gasteiger partial charge < -0.3 is 10.2 Å². The van der Waals surface area contributed by atoms with Crippen molar-refractivity contribution in [2.24, 2.45) is 0 Å². The van der Waals surface area contributed by atoms with E-state index in [0.29, 0.717) is 13.1 Å². The van der Waals surface area contributed by atoms with Gasteiger partial charge in [0.15, 0.2) is 0 Å². The van der Waals surface area contributed by atoms with Crippen molar-refractivity contribution in [3.8, 4) is 6.07 Å². The van der Waals surface area contributed by atoms with Crippen molar-refractivity contribution in [1.82, 2.24) is 4.90 Å². The van der Waals surface area contributed by atoms with Gasteiger partial charge in [-0.05, 0) is 26.0 Å². The molecule has 1 N–H and O–H groups in total. The van der Waals surface area contributed by atoms with Crippen LogP contribution in [0.4, 0.5) is 17.1 Å². The number of nitrogens with one attached hydrogen (secondary N) is 1. The molecule has 1 rings (SSSR count). The Balaban J connectivity index is 3.26. The Bertz CT molecular complexity index is 806. The van der Waals surface area contributed by atoms with E-state index in [1.165, 1.54) is 23.2 Å². The molecule has 0 heterocycles. The number of carbonyl (C=O) groups excluding carboxylic acids is 1. The highest BCUT2D eigenvalue weighted by atomic mass is 16.6. The monoisotopic (exact) mass is 359 g/mol. The SMILES string of the molecule is CCN(CC)C(=O)C(=C\Nc1ccc([N+](=O)[O-])cc1[N+](=O)[O-])/C=C/C#N. The zero-order chi connectivity index (χ0) is 19.7. The van der Waals surface area contributed by atoms with Crippen LogP contribution in [0.5, 0.6) is 0 Å². The van der Waals surface area contributed by atoms with Crippen molar-refractivity contribution in [2.75, 3.05) is 18.4 Å². The number of amides is 1. The van der Waals surface area contributed by atoms with Crippen LogP contribution in [-0.2, 0) is 4.79 Å². The van der Waals surface area contributed by atoms with Crippen molar-refractivity contribution >= 4 is 23.0 Å². The number of carbonyl (C=O) groups is 1. The van der Waals surface area contributed by atoms with Crippen LogP contribution >= 0.6 is 0 Å². The third kappa shape index (κ3) is 5.13. The van der Waals surface area contributed by atoms with Gasteiger partial charge in [-0.2, -0.15) is 5.26 Å². The Hall–Kier alpha value is -3.74. The van der Waals surface area contributed by atoms with Gasteiger partial charge in [-0.3, -0.25) is 25.0 Å². The zero-order valence-electron chi connectivity index (χ0n) is 14.2. The molecule has 0 aromatic heterocycles. The number of hydrogen-bond donors (Lipinski definition) is 1. The Labute approximate surface area is 149 Å². The minimum Gasteiger partial charge on any atom is -0.355 e. The van der Waals surface area contributed by atoms with E-state index in [1.807, 2.05) is 0 Å². The van der Waals surface area contributed by atoms with Crippen LogP contribution in [0.3, 0.4) is 0 Å².